The predicted molar refractivity (Wildman–Crippen MR) is 80.4 cm³/mol. The number of thiophene rings is 1. The number of benzene rings is 1. The molecule has 0 aliphatic heterocycles. The second-order valence-corrected chi connectivity index (χ2v) is 5.76. The SMILES string of the molecule is CCC[C@H](NC(=O)c1sc2ccccc2c1C)C(=O)O. The van der Waals surface area contributed by atoms with Crippen molar-refractivity contribution >= 4 is 33.3 Å². The first-order valence-corrected chi connectivity index (χ1v) is 7.38. The molecule has 1 aromatic heterocycles. The molecule has 1 amide bonds. The minimum atomic E-state index is -0.987. The Balaban J connectivity index is 2.27. The minimum absolute atomic E-state index is 0.301. The molecule has 0 aliphatic carbocycles. The molecule has 20 heavy (non-hydrogen) atoms. The minimum Gasteiger partial charge on any atom is -0.480 e. The van der Waals surface area contributed by atoms with Gasteiger partial charge in [-0.05, 0) is 30.4 Å². The Morgan fingerprint density at radius 3 is 2.65 bits per heavy atom. The van der Waals surface area contributed by atoms with Crippen molar-refractivity contribution < 1.29 is 14.7 Å². The Kier molecular flexibility index (Phi) is 4.39. The number of hydrogen-bond acceptors (Lipinski definition) is 3. The summed E-state index contributed by atoms with van der Waals surface area (Å²) in [5.41, 5.74) is 0.906. The highest BCUT2D eigenvalue weighted by Gasteiger charge is 2.22. The van der Waals surface area contributed by atoms with Crippen molar-refractivity contribution in [3.8, 4) is 0 Å². The van der Waals surface area contributed by atoms with Crippen molar-refractivity contribution in [1.82, 2.24) is 5.32 Å². The fourth-order valence-electron chi connectivity index (χ4n) is 2.16. The molecule has 0 saturated carbocycles. The molecule has 1 atom stereocenters. The summed E-state index contributed by atoms with van der Waals surface area (Å²) in [5, 5.41) is 12.8. The quantitative estimate of drug-likeness (QED) is 0.889. The lowest BCUT2D eigenvalue weighted by atomic mass is 10.1. The van der Waals surface area contributed by atoms with Crippen LogP contribution in [0.5, 0.6) is 0 Å². The topological polar surface area (TPSA) is 66.4 Å². The molecule has 0 unspecified atom stereocenters. The summed E-state index contributed by atoms with van der Waals surface area (Å²) >= 11 is 1.40. The van der Waals surface area contributed by atoms with Crippen molar-refractivity contribution in [2.45, 2.75) is 32.7 Å². The van der Waals surface area contributed by atoms with Gasteiger partial charge in [-0.25, -0.2) is 4.79 Å². The molecule has 0 saturated heterocycles. The van der Waals surface area contributed by atoms with Gasteiger partial charge in [-0.3, -0.25) is 4.79 Å². The van der Waals surface area contributed by atoms with Crippen LogP contribution in [-0.2, 0) is 4.79 Å². The van der Waals surface area contributed by atoms with Gasteiger partial charge in [0, 0.05) is 4.70 Å². The Bertz CT molecular complexity index is 648. The zero-order valence-electron chi connectivity index (χ0n) is 11.5. The van der Waals surface area contributed by atoms with Crippen LogP contribution in [0.15, 0.2) is 24.3 Å². The van der Waals surface area contributed by atoms with Gasteiger partial charge in [-0.15, -0.1) is 11.3 Å². The third kappa shape index (κ3) is 2.82. The van der Waals surface area contributed by atoms with Gasteiger partial charge in [0.15, 0.2) is 0 Å². The van der Waals surface area contributed by atoms with Crippen LogP contribution >= 0.6 is 11.3 Å². The van der Waals surface area contributed by atoms with Gasteiger partial charge in [0.25, 0.3) is 5.91 Å². The number of carbonyl (C=O) groups is 2. The fourth-order valence-corrected chi connectivity index (χ4v) is 3.27. The molecule has 0 aliphatic rings. The molecular formula is C15H17NO3S. The van der Waals surface area contributed by atoms with Crippen LogP contribution in [0.4, 0.5) is 0 Å². The molecule has 2 aromatic rings. The molecule has 5 heteroatoms. The summed E-state index contributed by atoms with van der Waals surface area (Å²) in [4.78, 5) is 24.0. The zero-order chi connectivity index (χ0) is 14.7. The van der Waals surface area contributed by atoms with Gasteiger partial charge < -0.3 is 10.4 Å². The van der Waals surface area contributed by atoms with E-state index >= 15 is 0 Å². The van der Waals surface area contributed by atoms with Gasteiger partial charge in [0.05, 0.1) is 4.88 Å². The van der Waals surface area contributed by atoms with Crippen LogP contribution in [0, 0.1) is 6.92 Å². The van der Waals surface area contributed by atoms with Crippen molar-refractivity contribution in [2.24, 2.45) is 0 Å². The van der Waals surface area contributed by atoms with Crippen LogP contribution < -0.4 is 5.32 Å². The monoisotopic (exact) mass is 291 g/mol. The van der Waals surface area contributed by atoms with E-state index in [-0.39, 0.29) is 5.91 Å². The first kappa shape index (κ1) is 14.5. The van der Waals surface area contributed by atoms with E-state index in [9.17, 15) is 9.59 Å². The molecule has 4 nitrogen and oxygen atoms in total. The van der Waals surface area contributed by atoms with E-state index in [1.54, 1.807) is 0 Å². The van der Waals surface area contributed by atoms with Crippen LogP contribution in [0.1, 0.15) is 35.0 Å². The third-order valence-electron chi connectivity index (χ3n) is 3.23. The number of fused-ring (bicyclic) bond motifs is 1. The molecule has 0 spiro atoms. The second-order valence-electron chi connectivity index (χ2n) is 4.71. The molecule has 0 radical (unpaired) electrons. The third-order valence-corrected chi connectivity index (χ3v) is 4.50. The van der Waals surface area contributed by atoms with Gasteiger partial charge in [0.2, 0.25) is 0 Å². The van der Waals surface area contributed by atoms with Crippen LogP contribution in [0.3, 0.4) is 0 Å². The summed E-state index contributed by atoms with van der Waals surface area (Å²) in [5.74, 6) is -1.29. The average Bonchev–Trinajstić information content (AvgIpc) is 2.76. The van der Waals surface area contributed by atoms with E-state index < -0.39 is 12.0 Å². The maximum Gasteiger partial charge on any atom is 0.326 e. The highest BCUT2D eigenvalue weighted by Crippen LogP contribution is 2.30. The van der Waals surface area contributed by atoms with E-state index in [1.165, 1.54) is 11.3 Å². The highest BCUT2D eigenvalue weighted by molar-refractivity contribution is 7.21. The van der Waals surface area contributed by atoms with E-state index in [0.717, 1.165) is 15.6 Å². The average molecular weight is 291 g/mol. The fraction of sp³-hybridized carbons (Fsp3) is 0.333. The molecule has 0 bridgehead atoms. The Morgan fingerprint density at radius 1 is 1.35 bits per heavy atom. The normalized spacial score (nSPS) is 12.3. The Hall–Kier alpha value is -1.88. The van der Waals surface area contributed by atoms with E-state index in [1.807, 2.05) is 38.1 Å². The van der Waals surface area contributed by atoms with Crippen LogP contribution in [0.2, 0.25) is 0 Å². The standard InChI is InChI=1S/C15H17NO3S/c1-3-6-11(15(18)19)16-14(17)13-9(2)10-7-4-5-8-12(10)20-13/h4-5,7-8,11H,3,6H2,1-2H3,(H,16,17)(H,18,19)/t11-/m0/s1. The summed E-state index contributed by atoms with van der Waals surface area (Å²) in [7, 11) is 0. The van der Waals surface area contributed by atoms with Crippen molar-refractivity contribution in [3.05, 3.63) is 34.7 Å². The number of hydrogen-bond donors (Lipinski definition) is 2. The highest BCUT2D eigenvalue weighted by atomic mass is 32.1. The summed E-state index contributed by atoms with van der Waals surface area (Å²) in [6.45, 7) is 3.79. The number of nitrogens with one attached hydrogen (secondary N) is 1. The lowest BCUT2D eigenvalue weighted by Crippen LogP contribution is -2.40. The van der Waals surface area contributed by atoms with E-state index in [0.29, 0.717) is 17.7 Å². The molecule has 0 fully saturated rings. The Morgan fingerprint density at radius 2 is 2.05 bits per heavy atom. The number of carbonyl (C=O) groups excluding carboxylic acids is 1. The van der Waals surface area contributed by atoms with E-state index in [4.69, 9.17) is 5.11 Å². The lowest BCUT2D eigenvalue weighted by molar-refractivity contribution is -0.139. The first-order chi connectivity index (χ1) is 9.54. The van der Waals surface area contributed by atoms with Gasteiger partial charge >= 0.3 is 5.97 Å². The lowest BCUT2D eigenvalue weighted by Gasteiger charge is -2.13. The number of rotatable bonds is 5. The predicted octanol–water partition coefficient (Wildman–Crippen LogP) is 3.19. The molecule has 1 aromatic carbocycles. The number of carboxylic acids is 1. The number of carboxylic acid groups (broad SMARTS) is 1. The van der Waals surface area contributed by atoms with Crippen LogP contribution in [-0.4, -0.2) is 23.0 Å². The second kappa shape index (κ2) is 6.05. The zero-order valence-corrected chi connectivity index (χ0v) is 12.3. The van der Waals surface area contributed by atoms with E-state index in [2.05, 4.69) is 5.32 Å². The van der Waals surface area contributed by atoms with Crippen molar-refractivity contribution in [1.29, 1.82) is 0 Å². The molecule has 106 valence electrons. The van der Waals surface area contributed by atoms with Gasteiger partial charge in [-0.2, -0.15) is 0 Å². The number of aliphatic carboxylic acids is 1. The summed E-state index contributed by atoms with van der Waals surface area (Å²) in [6, 6.07) is 6.97. The van der Waals surface area contributed by atoms with Crippen molar-refractivity contribution in [2.75, 3.05) is 0 Å². The van der Waals surface area contributed by atoms with Gasteiger partial charge in [-0.1, -0.05) is 31.5 Å². The maximum absolute atomic E-state index is 12.3. The van der Waals surface area contributed by atoms with Crippen molar-refractivity contribution in [3.63, 3.8) is 0 Å². The summed E-state index contributed by atoms with van der Waals surface area (Å²) < 4.78 is 1.04. The molecule has 2 N–H and O–H groups in total. The Labute approximate surface area is 121 Å². The van der Waals surface area contributed by atoms with Crippen LogP contribution in [0.25, 0.3) is 10.1 Å². The first-order valence-electron chi connectivity index (χ1n) is 6.56. The summed E-state index contributed by atoms with van der Waals surface area (Å²) in [6.07, 6.45) is 1.15. The maximum atomic E-state index is 12.3. The smallest absolute Gasteiger partial charge is 0.326 e. The number of aryl methyl sites for hydroxylation is 1. The van der Waals surface area contributed by atoms with Gasteiger partial charge in [0.1, 0.15) is 6.04 Å². The molecular weight excluding hydrogens is 274 g/mol. The largest absolute Gasteiger partial charge is 0.480 e. The molecule has 1 heterocycles. The molecule has 2 rings (SSSR count). The number of amides is 1.